The van der Waals surface area contributed by atoms with E-state index in [0.717, 1.165) is 32.6 Å². The molecule has 0 bridgehead atoms. The van der Waals surface area contributed by atoms with Crippen LogP contribution in [0.5, 0.6) is 0 Å². The van der Waals surface area contributed by atoms with Gasteiger partial charge in [0.15, 0.2) is 0 Å². The largest absolute Gasteiger partial charge is 0.342 e. The normalized spacial score (nSPS) is 20.1. The lowest BCUT2D eigenvalue weighted by Gasteiger charge is -2.27. The van der Waals surface area contributed by atoms with Crippen molar-refractivity contribution in [1.82, 2.24) is 15.1 Å². The molecule has 18 heavy (non-hydrogen) atoms. The third kappa shape index (κ3) is 5.36. The summed E-state index contributed by atoms with van der Waals surface area (Å²) in [6.07, 6.45) is 5.10. The van der Waals surface area contributed by atoms with Gasteiger partial charge in [0.1, 0.15) is 0 Å². The molecule has 0 aromatic heterocycles. The van der Waals surface area contributed by atoms with E-state index in [4.69, 9.17) is 0 Å². The Hall–Kier alpha value is -0.610. The van der Waals surface area contributed by atoms with Gasteiger partial charge in [-0.2, -0.15) is 0 Å². The van der Waals surface area contributed by atoms with E-state index in [9.17, 15) is 4.79 Å². The third-order valence-corrected chi connectivity index (χ3v) is 3.79. The van der Waals surface area contributed by atoms with Crippen molar-refractivity contribution in [2.75, 3.05) is 39.8 Å². The molecule has 0 aromatic rings. The predicted octanol–water partition coefficient (Wildman–Crippen LogP) is 1.32. The summed E-state index contributed by atoms with van der Waals surface area (Å²) in [5.41, 5.74) is 0. The molecule has 0 saturated carbocycles. The summed E-state index contributed by atoms with van der Waals surface area (Å²) in [5, 5.41) is 3.55. The number of amides is 1. The smallest absolute Gasteiger partial charge is 0.236 e. The number of hydrogen-bond acceptors (Lipinski definition) is 3. The Bertz CT molecular complexity index is 235. The Morgan fingerprint density at radius 3 is 2.56 bits per heavy atom. The van der Waals surface area contributed by atoms with E-state index >= 15 is 0 Å². The van der Waals surface area contributed by atoms with Crippen LogP contribution in [0.15, 0.2) is 0 Å². The molecule has 1 aliphatic rings. The average Bonchev–Trinajstić information content (AvgIpc) is 2.39. The number of carbonyl (C=O) groups excluding carboxylic acids is 1. The maximum Gasteiger partial charge on any atom is 0.236 e. The second-order valence-corrected chi connectivity index (χ2v) is 5.24. The van der Waals surface area contributed by atoms with Crippen LogP contribution in [-0.2, 0) is 4.79 Å². The SMILES string of the molecule is CCN(CC)C(=O)CN(C)CCC1CCCCN1. The fourth-order valence-electron chi connectivity index (χ4n) is 2.53. The van der Waals surface area contributed by atoms with Gasteiger partial charge in [0, 0.05) is 19.1 Å². The van der Waals surface area contributed by atoms with Gasteiger partial charge >= 0.3 is 0 Å². The van der Waals surface area contributed by atoms with E-state index in [1.54, 1.807) is 0 Å². The molecule has 4 nitrogen and oxygen atoms in total. The molecule has 1 aliphatic heterocycles. The molecule has 1 fully saturated rings. The molecule has 0 spiro atoms. The van der Waals surface area contributed by atoms with Gasteiger partial charge in [-0.3, -0.25) is 9.69 Å². The summed E-state index contributed by atoms with van der Waals surface area (Å²) in [7, 11) is 2.05. The van der Waals surface area contributed by atoms with Crippen molar-refractivity contribution < 1.29 is 4.79 Å². The molecule has 0 radical (unpaired) electrons. The number of likely N-dealkylation sites (N-methyl/N-ethyl adjacent to an activating group) is 2. The Morgan fingerprint density at radius 2 is 2.00 bits per heavy atom. The summed E-state index contributed by atoms with van der Waals surface area (Å²) in [5.74, 6) is 0.249. The van der Waals surface area contributed by atoms with E-state index < -0.39 is 0 Å². The summed E-state index contributed by atoms with van der Waals surface area (Å²) in [4.78, 5) is 16.0. The van der Waals surface area contributed by atoms with E-state index in [1.165, 1.54) is 19.3 Å². The first-order valence-electron chi connectivity index (χ1n) is 7.37. The zero-order valence-corrected chi connectivity index (χ0v) is 12.2. The van der Waals surface area contributed by atoms with Gasteiger partial charge in [-0.15, -0.1) is 0 Å². The number of hydrogen-bond donors (Lipinski definition) is 1. The summed E-state index contributed by atoms with van der Waals surface area (Å²) in [6.45, 7) is 8.41. The van der Waals surface area contributed by atoms with Gasteiger partial charge in [0.2, 0.25) is 5.91 Å². The fourth-order valence-corrected chi connectivity index (χ4v) is 2.53. The fraction of sp³-hybridized carbons (Fsp3) is 0.929. The maximum absolute atomic E-state index is 11.9. The van der Waals surface area contributed by atoms with Crippen LogP contribution in [-0.4, -0.2) is 61.5 Å². The van der Waals surface area contributed by atoms with Crippen molar-refractivity contribution in [1.29, 1.82) is 0 Å². The highest BCUT2D eigenvalue weighted by Gasteiger charge is 2.15. The van der Waals surface area contributed by atoms with Crippen LogP contribution < -0.4 is 5.32 Å². The quantitative estimate of drug-likeness (QED) is 0.745. The van der Waals surface area contributed by atoms with E-state index in [-0.39, 0.29) is 5.91 Å². The van der Waals surface area contributed by atoms with Gasteiger partial charge in [0.25, 0.3) is 0 Å². The van der Waals surface area contributed by atoms with Crippen molar-refractivity contribution >= 4 is 5.91 Å². The van der Waals surface area contributed by atoms with Crippen LogP contribution in [0.4, 0.5) is 0 Å². The lowest BCUT2D eigenvalue weighted by atomic mass is 10.0. The van der Waals surface area contributed by atoms with E-state index in [0.29, 0.717) is 12.6 Å². The Balaban J connectivity index is 2.19. The highest BCUT2D eigenvalue weighted by Crippen LogP contribution is 2.10. The number of carbonyl (C=O) groups is 1. The Labute approximate surface area is 112 Å². The van der Waals surface area contributed by atoms with Crippen LogP contribution in [0.1, 0.15) is 39.5 Å². The zero-order valence-electron chi connectivity index (χ0n) is 12.2. The summed E-state index contributed by atoms with van der Waals surface area (Å²) >= 11 is 0. The van der Waals surface area contributed by atoms with Crippen molar-refractivity contribution in [2.24, 2.45) is 0 Å². The van der Waals surface area contributed by atoms with Gasteiger partial charge < -0.3 is 10.2 Å². The molecule has 1 rings (SSSR count). The summed E-state index contributed by atoms with van der Waals surface area (Å²) < 4.78 is 0. The first-order valence-corrected chi connectivity index (χ1v) is 7.37. The highest BCUT2D eigenvalue weighted by molar-refractivity contribution is 5.78. The van der Waals surface area contributed by atoms with Crippen molar-refractivity contribution in [3.05, 3.63) is 0 Å². The minimum Gasteiger partial charge on any atom is -0.342 e. The minimum absolute atomic E-state index is 0.249. The Kier molecular flexibility index (Phi) is 7.28. The van der Waals surface area contributed by atoms with Crippen molar-refractivity contribution in [2.45, 2.75) is 45.6 Å². The Morgan fingerprint density at radius 1 is 1.28 bits per heavy atom. The minimum atomic E-state index is 0.249. The van der Waals surface area contributed by atoms with Gasteiger partial charge in [-0.1, -0.05) is 6.42 Å². The zero-order chi connectivity index (χ0) is 13.4. The van der Waals surface area contributed by atoms with Crippen LogP contribution in [0.3, 0.4) is 0 Å². The van der Waals surface area contributed by atoms with Gasteiger partial charge in [0.05, 0.1) is 6.54 Å². The molecule has 1 heterocycles. The molecular weight excluding hydrogens is 226 g/mol. The molecule has 4 heteroatoms. The molecular formula is C14H29N3O. The standard InChI is InChI=1S/C14H29N3O/c1-4-17(5-2)14(18)12-16(3)11-9-13-8-6-7-10-15-13/h13,15H,4-12H2,1-3H3. The van der Waals surface area contributed by atoms with Crippen LogP contribution >= 0.6 is 0 Å². The molecule has 1 amide bonds. The number of nitrogens with zero attached hydrogens (tertiary/aromatic N) is 2. The van der Waals surface area contributed by atoms with Gasteiger partial charge in [-0.05, 0) is 53.2 Å². The third-order valence-electron chi connectivity index (χ3n) is 3.79. The van der Waals surface area contributed by atoms with Gasteiger partial charge in [-0.25, -0.2) is 0 Å². The highest BCUT2D eigenvalue weighted by atomic mass is 16.2. The molecule has 1 unspecified atom stereocenters. The first kappa shape index (κ1) is 15.4. The monoisotopic (exact) mass is 255 g/mol. The van der Waals surface area contributed by atoms with Crippen molar-refractivity contribution in [3.8, 4) is 0 Å². The maximum atomic E-state index is 11.9. The molecule has 0 aromatic carbocycles. The molecule has 1 atom stereocenters. The number of nitrogens with one attached hydrogen (secondary N) is 1. The topological polar surface area (TPSA) is 35.6 Å². The lowest BCUT2D eigenvalue weighted by molar-refractivity contribution is -0.131. The molecule has 1 saturated heterocycles. The predicted molar refractivity (Wildman–Crippen MR) is 75.7 cm³/mol. The lowest BCUT2D eigenvalue weighted by Crippen LogP contribution is -2.41. The van der Waals surface area contributed by atoms with Crippen LogP contribution in [0.2, 0.25) is 0 Å². The van der Waals surface area contributed by atoms with E-state index in [2.05, 4.69) is 10.2 Å². The average molecular weight is 255 g/mol. The number of rotatable bonds is 7. The van der Waals surface area contributed by atoms with Crippen LogP contribution in [0.25, 0.3) is 0 Å². The van der Waals surface area contributed by atoms with E-state index in [1.807, 2.05) is 25.8 Å². The second-order valence-electron chi connectivity index (χ2n) is 5.24. The van der Waals surface area contributed by atoms with Crippen molar-refractivity contribution in [3.63, 3.8) is 0 Å². The molecule has 106 valence electrons. The summed E-state index contributed by atoms with van der Waals surface area (Å²) in [6, 6.07) is 0.657. The van der Waals surface area contributed by atoms with Crippen LogP contribution in [0, 0.1) is 0 Å². The second kappa shape index (κ2) is 8.48. The number of piperidine rings is 1. The molecule has 0 aliphatic carbocycles. The first-order chi connectivity index (χ1) is 8.67. The molecule has 1 N–H and O–H groups in total.